The molecule has 9 nitrogen and oxygen atoms in total. The van der Waals surface area contributed by atoms with Crippen LogP contribution >= 0.6 is 7.82 Å². The molecule has 0 heterocycles. The Balaban J connectivity index is 3.92. The molecule has 0 aromatic rings. The molecule has 0 saturated heterocycles. The zero-order valence-electron chi connectivity index (χ0n) is 40.9. The van der Waals surface area contributed by atoms with Gasteiger partial charge in [-0.3, -0.25) is 18.6 Å². The van der Waals surface area contributed by atoms with Crippen LogP contribution in [-0.4, -0.2) is 49.3 Å². The number of nitrogens with two attached hydrogens (primary N) is 1. The van der Waals surface area contributed by atoms with E-state index >= 15 is 0 Å². The number of carbonyl (C=O) groups excluding carboxylic acids is 2. The van der Waals surface area contributed by atoms with Gasteiger partial charge in [-0.2, -0.15) is 0 Å². The van der Waals surface area contributed by atoms with Gasteiger partial charge in [-0.1, -0.05) is 238 Å². The van der Waals surface area contributed by atoms with Gasteiger partial charge in [0, 0.05) is 19.4 Å². The van der Waals surface area contributed by atoms with Crippen LogP contribution in [0.15, 0.2) is 12.2 Å². The van der Waals surface area contributed by atoms with E-state index in [-0.39, 0.29) is 38.6 Å². The molecule has 0 aliphatic carbocycles. The Morgan fingerprint density at radius 2 is 0.790 bits per heavy atom. The first-order chi connectivity index (χ1) is 30.3. The highest BCUT2D eigenvalue weighted by Gasteiger charge is 2.26. The number of ether oxygens (including phenoxy) is 2. The molecule has 0 aromatic heterocycles. The summed E-state index contributed by atoms with van der Waals surface area (Å²) in [4.78, 5) is 35.0. The molecule has 0 saturated carbocycles. The van der Waals surface area contributed by atoms with Crippen LogP contribution in [0.4, 0.5) is 0 Å². The van der Waals surface area contributed by atoms with Gasteiger partial charge in [0.25, 0.3) is 0 Å². The van der Waals surface area contributed by atoms with Crippen LogP contribution in [0.5, 0.6) is 0 Å². The number of rotatable bonds is 51. The van der Waals surface area contributed by atoms with Crippen molar-refractivity contribution < 1.29 is 37.6 Å². The quantitative estimate of drug-likeness (QED) is 0.0265. The first-order valence-electron chi connectivity index (χ1n) is 26.7. The first-order valence-corrected chi connectivity index (χ1v) is 28.2. The van der Waals surface area contributed by atoms with Gasteiger partial charge in [-0.15, -0.1) is 0 Å². The molecule has 0 spiro atoms. The summed E-state index contributed by atoms with van der Waals surface area (Å²) >= 11 is 0. The maximum absolute atomic E-state index is 12.6. The fraction of sp³-hybridized carbons (Fsp3) is 0.923. The Bertz CT molecular complexity index is 1030. The average molecular weight is 900 g/mol. The average Bonchev–Trinajstić information content (AvgIpc) is 3.26. The van der Waals surface area contributed by atoms with Crippen LogP contribution in [0.2, 0.25) is 0 Å². The van der Waals surface area contributed by atoms with Gasteiger partial charge in [0.1, 0.15) is 6.61 Å². The Hall–Kier alpha value is -1.25. The van der Waals surface area contributed by atoms with Crippen molar-refractivity contribution in [1.29, 1.82) is 0 Å². The summed E-state index contributed by atoms with van der Waals surface area (Å²) in [6.07, 6.45) is 54.1. The first kappa shape index (κ1) is 60.8. The molecular formula is C52H102NO8P. The number of phosphoric acid groups is 1. The Morgan fingerprint density at radius 3 is 1.15 bits per heavy atom. The van der Waals surface area contributed by atoms with Crippen molar-refractivity contribution in [2.24, 2.45) is 5.73 Å². The number of hydrogen-bond donors (Lipinski definition) is 2. The van der Waals surface area contributed by atoms with Crippen LogP contribution in [-0.2, 0) is 32.7 Å². The van der Waals surface area contributed by atoms with Crippen molar-refractivity contribution in [1.82, 2.24) is 0 Å². The summed E-state index contributed by atoms with van der Waals surface area (Å²) in [5.41, 5.74) is 5.37. The summed E-state index contributed by atoms with van der Waals surface area (Å²) in [6, 6.07) is 0. The van der Waals surface area contributed by atoms with Gasteiger partial charge in [0.05, 0.1) is 13.2 Å². The summed E-state index contributed by atoms with van der Waals surface area (Å²) in [5, 5.41) is 0. The Morgan fingerprint density at radius 1 is 0.468 bits per heavy atom. The zero-order chi connectivity index (χ0) is 45.3. The van der Waals surface area contributed by atoms with E-state index in [1.807, 2.05) is 0 Å². The highest BCUT2D eigenvalue weighted by molar-refractivity contribution is 7.47. The van der Waals surface area contributed by atoms with Gasteiger partial charge in [-0.25, -0.2) is 4.57 Å². The molecule has 2 unspecified atom stereocenters. The minimum atomic E-state index is -4.38. The minimum absolute atomic E-state index is 0.0551. The maximum Gasteiger partial charge on any atom is 0.472 e. The highest BCUT2D eigenvalue weighted by atomic mass is 31.2. The second-order valence-electron chi connectivity index (χ2n) is 18.1. The third-order valence-electron chi connectivity index (χ3n) is 11.9. The summed E-state index contributed by atoms with van der Waals surface area (Å²) < 4.78 is 32.9. The number of allylic oxidation sites excluding steroid dienone is 2. The van der Waals surface area contributed by atoms with Gasteiger partial charge < -0.3 is 20.1 Å². The lowest BCUT2D eigenvalue weighted by Crippen LogP contribution is -2.29. The van der Waals surface area contributed by atoms with Crippen LogP contribution in [0.25, 0.3) is 0 Å². The molecule has 10 heteroatoms. The second-order valence-corrected chi connectivity index (χ2v) is 19.6. The topological polar surface area (TPSA) is 134 Å². The lowest BCUT2D eigenvalue weighted by atomic mass is 10.0. The van der Waals surface area contributed by atoms with Crippen molar-refractivity contribution in [3.63, 3.8) is 0 Å². The SMILES string of the molecule is CCCCCCCC/C=C\CCCCCCCC(=O)OC(COC(=O)CCCCCCCCCCCCCCCCCCCCCCCCCCCC)COP(=O)(O)OCCN. The number of hydrogen-bond acceptors (Lipinski definition) is 8. The molecule has 0 rings (SSSR count). The number of carbonyl (C=O) groups is 2. The number of unbranched alkanes of at least 4 members (excludes halogenated alkanes) is 36. The van der Waals surface area contributed by atoms with E-state index < -0.39 is 26.5 Å². The fourth-order valence-electron chi connectivity index (χ4n) is 7.93. The predicted molar refractivity (Wildman–Crippen MR) is 261 cm³/mol. The van der Waals surface area contributed by atoms with E-state index in [0.29, 0.717) is 6.42 Å². The summed E-state index contributed by atoms with van der Waals surface area (Å²) in [6.45, 7) is 3.77. The smallest absolute Gasteiger partial charge is 0.462 e. The summed E-state index contributed by atoms with van der Waals surface area (Å²) in [7, 11) is -4.38. The zero-order valence-corrected chi connectivity index (χ0v) is 41.8. The third kappa shape index (κ3) is 48.2. The van der Waals surface area contributed by atoms with E-state index in [1.165, 1.54) is 193 Å². The van der Waals surface area contributed by atoms with Gasteiger partial charge >= 0.3 is 19.8 Å². The fourth-order valence-corrected chi connectivity index (χ4v) is 8.69. The van der Waals surface area contributed by atoms with Crippen molar-refractivity contribution in [2.75, 3.05) is 26.4 Å². The van der Waals surface area contributed by atoms with Gasteiger partial charge in [-0.05, 0) is 38.5 Å². The number of phosphoric ester groups is 1. The van der Waals surface area contributed by atoms with Crippen molar-refractivity contribution in [2.45, 2.75) is 283 Å². The monoisotopic (exact) mass is 900 g/mol. The van der Waals surface area contributed by atoms with Crippen LogP contribution in [0.3, 0.4) is 0 Å². The van der Waals surface area contributed by atoms with Crippen molar-refractivity contribution in [3.05, 3.63) is 12.2 Å². The largest absolute Gasteiger partial charge is 0.472 e. The molecule has 0 aliphatic heterocycles. The van der Waals surface area contributed by atoms with Gasteiger partial charge in [0.15, 0.2) is 6.10 Å². The van der Waals surface area contributed by atoms with Crippen LogP contribution in [0.1, 0.15) is 277 Å². The lowest BCUT2D eigenvalue weighted by molar-refractivity contribution is -0.161. The molecule has 0 radical (unpaired) electrons. The highest BCUT2D eigenvalue weighted by Crippen LogP contribution is 2.43. The third-order valence-corrected chi connectivity index (χ3v) is 12.9. The van der Waals surface area contributed by atoms with Crippen LogP contribution in [0, 0.1) is 0 Å². The molecule has 0 bridgehead atoms. The number of esters is 2. The molecule has 0 fully saturated rings. The second kappa shape index (κ2) is 49.2. The lowest BCUT2D eigenvalue weighted by Gasteiger charge is -2.19. The molecule has 62 heavy (non-hydrogen) atoms. The van der Waals surface area contributed by atoms with Crippen LogP contribution < -0.4 is 5.73 Å². The van der Waals surface area contributed by atoms with E-state index in [2.05, 4.69) is 26.0 Å². The molecule has 2 atom stereocenters. The van der Waals surface area contributed by atoms with E-state index in [0.717, 1.165) is 51.4 Å². The molecule has 368 valence electrons. The molecular weight excluding hydrogens is 798 g/mol. The summed E-state index contributed by atoms with van der Waals surface area (Å²) in [5.74, 6) is -0.822. The molecule has 0 amide bonds. The van der Waals surface area contributed by atoms with E-state index in [1.54, 1.807) is 0 Å². The van der Waals surface area contributed by atoms with E-state index in [9.17, 15) is 19.0 Å². The van der Waals surface area contributed by atoms with Crippen molar-refractivity contribution >= 4 is 19.8 Å². The normalized spacial score (nSPS) is 13.2. The molecule has 0 aromatic carbocycles. The van der Waals surface area contributed by atoms with E-state index in [4.69, 9.17) is 24.3 Å². The Labute approximate surface area is 383 Å². The Kier molecular flexibility index (Phi) is 48.2. The minimum Gasteiger partial charge on any atom is -0.462 e. The maximum atomic E-state index is 12.6. The van der Waals surface area contributed by atoms with Gasteiger partial charge in [0.2, 0.25) is 0 Å². The molecule has 0 aliphatic rings. The molecule has 3 N–H and O–H groups in total. The standard InChI is InChI=1S/C52H102NO8P/c1-3-5-7-9-11-13-15-17-19-20-21-22-23-24-25-26-27-28-29-31-32-34-36-38-40-42-44-51(54)58-48-50(49-60-62(56,57)59-47-46-53)61-52(55)45-43-41-39-37-35-33-30-18-16-14-12-10-8-6-4-2/h18,30,50H,3-17,19-29,31-49,53H2,1-2H3,(H,56,57)/b30-18-. The predicted octanol–water partition coefficient (Wildman–Crippen LogP) is 16.1. The van der Waals surface area contributed by atoms with Crippen molar-refractivity contribution in [3.8, 4) is 0 Å².